The first-order chi connectivity index (χ1) is 15.8. The normalized spacial score (nSPS) is 10.8. The highest BCUT2D eigenvalue weighted by atomic mass is 19.1. The van der Waals surface area contributed by atoms with Crippen LogP contribution in [0.25, 0.3) is 22.3 Å². The van der Waals surface area contributed by atoms with Crippen molar-refractivity contribution in [2.24, 2.45) is 0 Å². The van der Waals surface area contributed by atoms with Gasteiger partial charge in [-0.2, -0.15) is 0 Å². The lowest BCUT2D eigenvalue weighted by atomic mass is 9.99. The number of rotatable bonds is 7. The van der Waals surface area contributed by atoms with Crippen molar-refractivity contribution >= 4 is 29.5 Å². The van der Waals surface area contributed by atoms with Crippen LogP contribution in [0.3, 0.4) is 0 Å². The van der Waals surface area contributed by atoms with Gasteiger partial charge in [0.05, 0.1) is 0 Å². The Morgan fingerprint density at radius 2 is 1.36 bits per heavy atom. The van der Waals surface area contributed by atoms with Gasteiger partial charge in [-0.3, -0.25) is 14.4 Å². The van der Waals surface area contributed by atoms with E-state index in [0.29, 0.717) is 29.5 Å². The number of amides is 2. The standard InChI is InChI=1S/C27H25FN2O3/c1-4-26(32)29(2)22-13-11-20(12-14-22)19-7-9-21(10-8-19)24-16-15-23(18-25(24)28)30(3)27(33)6-5-17-31/h5-18H,4H2,1-3H3/b6-5-. The van der Waals surface area contributed by atoms with Crippen LogP contribution in [-0.2, 0) is 14.4 Å². The van der Waals surface area contributed by atoms with Gasteiger partial charge in [0.1, 0.15) is 12.1 Å². The summed E-state index contributed by atoms with van der Waals surface area (Å²) >= 11 is 0. The average molecular weight is 445 g/mol. The zero-order valence-corrected chi connectivity index (χ0v) is 18.8. The van der Waals surface area contributed by atoms with Crippen molar-refractivity contribution in [3.05, 3.63) is 84.7 Å². The first-order valence-electron chi connectivity index (χ1n) is 10.5. The Balaban J connectivity index is 1.79. The monoisotopic (exact) mass is 444 g/mol. The summed E-state index contributed by atoms with van der Waals surface area (Å²) in [4.78, 5) is 37.1. The SMILES string of the molecule is CCC(=O)N(C)c1ccc(-c2ccc(-c3ccc(N(C)C(=O)/C=C\C=O)cc3F)cc2)cc1. The van der Waals surface area contributed by atoms with Crippen LogP contribution in [0.2, 0.25) is 0 Å². The van der Waals surface area contributed by atoms with Crippen LogP contribution >= 0.6 is 0 Å². The van der Waals surface area contributed by atoms with Crippen molar-refractivity contribution in [3.63, 3.8) is 0 Å². The summed E-state index contributed by atoms with van der Waals surface area (Å²) < 4.78 is 14.8. The third kappa shape index (κ3) is 5.41. The van der Waals surface area contributed by atoms with E-state index in [-0.39, 0.29) is 5.91 Å². The minimum absolute atomic E-state index is 0.0492. The molecule has 0 spiro atoms. The third-order valence-electron chi connectivity index (χ3n) is 5.45. The highest BCUT2D eigenvalue weighted by Crippen LogP contribution is 2.30. The quantitative estimate of drug-likeness (QED) is 0.369. The summed E-state index contributed by atoms with van der Waals surface area (Å²) in [6, 6.07) is 19.8. The second-order valence-electron chi connectivity index (χ2n) is 7.49. The number of carbonyl (C=O) groups is 3. The molecule has 0 heterocycles. The van der Waals surface area contributed by atoms with Gasteiger partial charge in [0, 0.05) is 43.5 Å². The molecule has 3 aromatic carbocycles. The van der Waals surface area contributed by atoms with Crippen LogP contribution in [0.4, 0.5) is 15.8 Å². The van der Waals surface area contributed by atoms with Crippen molar-refractivity contribution in [1.29, 1.82) is 0 Å². The van der Waals surface area contributed by atoms with Gasteiger partial charge < -0.3 is 9.80 Å². The predicted octanol–water partition coefficient (Wildman–Crippen LogP) is 5.25. The molecule has 0 saturated carbocycles. The maximum atomic E-state index is 14.8. The number of nitrogens with zero attached hydrogens (tertiary/aromatic N) is 2. The van der Waals surface area contributed by atoms with E-state index in [4.69, 9.17) is 0 Å². The number of anilines is 2. The Bertz CT molecular complexity index is 1180. The van der Waals surface area contributed by atoms with E-state index in [1.54, 1.807) is 24.1 Å². The number of hydrogen-bond donors (Lipinski definition) is 0. The van der Waals surface area contributed by atoms with Crippen LogP contribution < -0.4 is 9.80 Å². The van der Waals surface area contributed by atoms with E-state index in [2.05, 4.69) is 0 Å². The number of benzene rings is 3. The Labute approximate surface area is 192 Å². The van der Waals surface area contributed by atoms with Gasteiger partial charge in [0.2, 0.25) is 5.91 Å². The molecule has 0 fully saturated rings. The van der Waals surface area contributed by atoms with E-state index in [0.717, 1.165) is 29.0 Å². The van der Waals surface area contributed by atoms with Crippen LogP contribution in [-0.4, -0.2) is 32.2 Å². The van der Waals surface area contributed by atoms with Gasteiger partial charge in [0.25, 0.3) is 5.91 Å². The predicted molar refractivity (Wildman–Crippen MR) is 130 cm³/mol. The Morgan fingerprint density at radius 1 is 0.818 bits per heavy atom. The lowest BCUT2D eigenvalue weighted by molar-refractivity contribution is -0.118. The summed E-state index contributed by atoms with van der Waals surface area (Å²) in [6.45, 7) is 1.83. The Kier molecular flexibility index (Phi) is 7.51. The molecule has 2 amide bonds. The minimum atomic E-state index is -0.452. The van der Waals surface area contributed by atoms with Crippen LogP contribution in [0.1, 0.15) is 13.3 Å². The summed E-state index contributed by atoms with van der Waals surface area (Å²) in [7, 11) is 3.27. The number of hydrogen-bond acceptors (Lipinski definition) is 3. The molecule has 5 nitrogen and oxygen atoms in total. The van der Waals surface area contributed by atoms with Crippen LogP contribution in [0.15, 0.2) is 78.9 Å². The lowest BCUT2D eigenvalue weighted by Gasteiger charge is -2.17. The molecule has 0 aliphatic rings. The van der Waals surface area contributed by atoms with Crippen molar-refractivity contribution in [3.8, 4) is 22.3 Å². The molecule has 0 unspecified atom stereocenters. The zero-order chi connectivity index (χ0) is 24.0. The smallest absolute Gasteiger partial charge is 0.250 e. The zero-order valence-electron chi connectivity index (χ0n) is 18.8. The average Bonchev–Trinajstić information content (AvgIpc) is 2.86. The fraction of sp³-hybridized carbons (Fsp3) is 0.148. The third-order valence-corrected chi connectivity index (χ3v) is 5.45. The molecule has 0 aliphatic carbocycles. The van der Waals surface area contributed by atoms with E-state index < -0.39 is 11.7 Å². The first-order valence-corrected chi connectivity index (χ1v) is 10.5. The fourth-order valence-corrected chi connectivity index (χ4v) is 3.41. The summed E-state index contributed by atoms with van der Waals surface area (Å²) in [6.07, 6.45) is 3.19. The Morgan fingerprint density at radius 3 is 1.91 bits per heavy atom. The molecule has 0 atom stereocenters. The highest BCUT2D eigenvalue weighted by molar-refractivity contribution is 6.02. The van der Waals surface area contributed by atoms with E-state index in [9.17, 15) is 18.8 Å². The van der Waals surface area contributed by atoms with E-state index in [1.807, 2.05) is 55.5 Å². The fourth-order valence-electron chi connectivity index (χ4n) is 3.41. The number of likely N-dealkylation sites (N-methyl/N-ethyl adjacent to an activating group) is 1. The van der Waals surface area contributed by atoms with Crippen molar-refractivity contribution < 1.29 is 18.8 Å². The van der Waals surface area contributed by atoms with E-state index >= 15 is 0 Å². The molecule has 0 N–H and O–H groups in total. The second-order valence-corrected chi connectivity index (χ2v) is 7.49. The summed E-state index contributed by atoms with van der Waals surface area (Å²) in [5, 5.41) is 0. The molecule has 33 heavy (non-hydrogen) atoms. The molecule has 0 aliphatic heterocycles. The van der Waals surface area contributed by atoms with Gasteiger partial charge in [-0.1, -0.05) is 43.3 Å². The largest absolute Gasteiger partial charge is 0.316 e. The number of allylic oxidation sites excluding steroid dienone is 1. The molecular formula is C27H25FN2O3. The molecule has 168 valence electrons. The number of carbonyl (C=O) groups excluding carboxylic acids is 3. The van der Waals surface area contributed by atoms with Gasteiger partial charge in [0.15, 0.2) is 0 Å². The number of halogens is 1. The van der Waals surface area contributed by atoms with Crippen molar-refractivity contribution in [2.45, 2.75) is 13.3 Å². The topological polar surface area (TPSA) is 57.7 Å². The molecule has 0 radical (unpaired) electrons. The molecule has 3 aromatic rings. The van der Waals surface area contributed by atoms with Crippen LogP contribution in [0.5, 0.6) is 0 Å². The first kappa shape index (κ1) is 23.6. The van der Waals surface area contributed by atoms with Gasteiger partial charge in [-0.05, 0) is 53.1 Å². The molecule has 0 bridgehead atoms. The second kappa shape index (κ2) is 10.5. The minimum Gasteiger partial charge on any atom is -0.316 e. The molecular weight excluding hydrogens is 419 g/mol. The molecule has 0 aromatic heterocycles. The highest BCUT2D eigenvalue weighted by Gasteiger charge is 2.13. The summed E-state index contributed by atoms with van der Waals surface area (Å²) in [5.41, 5.74) is 4.31. The van der Waals surface area contributed by atoms with Crippen molar-refractivity contribution in [1.82, 2.24) is 0 Å². The Hall–Kier alpha value is -4.06. The molecule has 6 heteroatoms. The van der Waals surface area contributed by atoms with Crippen LogP contribution in [0, 0.1) is 5.82 Å². The van der Waals surface area contributed by atoms with Gasteiger partial charge in [-0.25, -0.2) is 4.39 Å². The van der Waals surface area contributed by atoms with Gasteiger partial charge in [-0.15, -0.1) is 0 Å². The van der Waals surface area contributed by atoms with Gasteiger partial charge >= 0.3 is 0 Å². The van der Waals surface area contributed by atoms with E-state index in [1.165, 1.54) is 18.0 Å². The lowest BCUT2D eigenvalue weighted by Crippen LogP contribution is -2.24. The summed E-state index contributed by atoms with van der Waals surface area (Å²) in [5.74, 6) is -0.824. The maximum Gasteiger partial charge on any atom is 0.250 e. The molecule has 3 rings (SSSR count). The number of aldehydes is 1. The molecule has 0 saturated heterocycles. The maximum absolute atomic E-state index is 14.8. The van der Waals surface area contributed by atoms with Crippen molar-refractivity contribution in [2.75, 3.05) is 23.9 Å².